The number of benzene rings is 2. The van der Waals surface area contributed by atoms with E-state index < -0.39 is 30.9 Å². The van der Waals surface area contributed by atoms with Crippen molar-refractivity contribution in [2.45, 2.75) is 39.0 Å². The van der Waals surface area contributed by atoms with E-state index in [9.17, 15) is 18.8 Å². The molecule has 1 unspecified atom stereocenters. The molecule has 0 spiro atoms. The SMILES string of the molecule is CC(C)[C@H](NC(=O)OCc1ccccc1)C(=O)NC(C=O)Cc1ccc(OCF)cc1. The summed E-state index contributed by atoms with van der Waals surface area (Å²) in [6.07, 6.45) is 0.160. The van der Waals surface area contributed by atoms with E-state index in [0.29, 0.717) is 12.0 Å². The summed E-state index contributed by atoms with van der Waals surface area (Å²) in [4.78, 5) is 36.3. The van der Waals surface area contributed by atoms with Crippen LogP contribution in [-0.4, -0.2) is 37.2 Å². The molecule has 8 heteroatoms. The number of hydrogen-bond donors (Lipinski definition) is 2. The van der Waals surface area contributed by atoms with Crippen LogP contribution in [0.25, 0.3) is 0 Å². The fourth-order valence-electron chi connectivity index (χ4n) is 2.87. The monoisotopic (exact) mass is 430 g/mol. The predicted molar refractivity (Wildman–Crippen MR) is 113 cm³/mol. The Kier molecular flexibility index (Phi) is 9.48. The maximum atomic E-state index is 12.7. The first kappa shape index (κ1) is 23.9. The molecule has 2 amide bonds. The number of alkyl halides is 1. The van der Waals surface area contributed by atoms with Crippen LogP contribution in [0.5, 0.6) is 5.75 Å². The van der Waals surface area contributed by atoms with E-state index in [-0.39, 0.29) is 18.9 Å². The Labute approximate surface area is 180 Å². The molecule has 0 aliphatic heterocycles. The maximum Gasteiger partial charge on any atom is 0.408 e. The normalized spacial score (nSPS) is 12.5. The number of halogens is 1. The molecule has 0 bridgehead atoms. The van der Waals surface area contributed by atoms with E-state index in [1.54, 1.807) is 38.1 Å². The van der Waals surface area contributed by atoms with Crippen LogP contribution in [0, 0.1) is 5.92 Å². The number of carbonyl (C=O) groups excluding carboxylic acids is 3. The van der Waals surface area contributed by atoms with Crippen molar-refractivity contribution in [1.82, 2.24) is 10.6 Å². The van der Waals surface area contributed by atoms with Crippen LogP contribution in [-0.2, 0) is 27.4 Å². The van der Waals surface area contributed by atoms with Crippen molar-refractivity contribution < 1.29 is 28.2 Å². The maximum absolute atomic E-state index is 12.7. The van der Waals surface area contributed by atoms with Gasteiger partial charge < -0.3 is 24.9 Å². The third kappa shape index (κ3) is 8.08. The number of alkyl carbamates (subject to hydrolysis) is 1. The standard InChI is InChI=1S/C23H27FN2O5/c1-16(2)21(26-23(29)30-14-18-6-4-3-5-7-18)22(28)25-19(13-27)12-17-8-10-20(11-9-17)31-15-24/h3-11,13,16,19,21H,12,14-15H2,1-2H3,(H,25,28)(H,26,29)/t19?,21-/m0/s1. The number of aldehydes is 1. The second kappa shape index (κ2) is 12.3. The van der Waals surface area contributed by atoms with Crippen molar-refractivity contribution in [2.75, 3.05) is 6.86 Å². The number of hydrogen-bond acceptors (Lipinski definition) is 5. The lowest BCUT2D eigenvalue weighted by Gasteiger charge is -2.23. The number of ether oxygens (including phenoxy) is 2. The minimum absolute atomic E-state index is 0.0815. The zero-order valence-electron chi connectivity index (χ0n) is 17.5. The van der Waals surface area contributed by atoms with Crippen molar-refractivity contribution in [3.63, 3.8) is 0 Å². The Morgan fingerprint density at radius 3 is 2.26 bits per heavy atom. The van der Waals surface area contributed by atoms with Crippen LogP contribution >= 0.6 is 0 Å². The highest BCUT2D eigenvalue weighted by atomic mass is 19.1. The minimum atomic E-state index is -0.927. The topological polar surface area (TPSA) is 93.7 Å². The third-order valence-corrected chi connectivity index (χ3v) is 4.53. The van der Waals surface area contributed by atoms with Gasteiger partial charge in [0.1, 0.15) is 24.7 Å². The Morgan fingerprint density at radius 2 is 1.68 bits per heavy atom. The van der Waals surface area contributed by atoms with Gasteiger partial charge in [0.25, 0.3) is 0 Å². The molecule has 0 heterocycles. The molecule has 2 atom stereocenters. The van der Waals surface area contributed by atoms with Gasteiger partial charge in [-0.1, -0.05) is 56.3 Å². The van der Waals surface area contributed by atoms with Crippen LogP contribution in [0.15, 0.2) is 54.6 Å². The van der Waals surface area contributed by atoms with E-state index in [4.69, 9.17) is 9.47 Å². The molecule has 7 nitrogen and oxygen atoms in total. The summed E-state index contributed by atoms with van der Waals surface area (Å²) in [6.45, 7) is 2.71. The van der Waals surface area contributed by atoms with E-state index >= 15 is 0 Å². The molecule has 0 saturated carbocycles. The molecule has 31 heavy (non-hydrogen) atoms. The summed E-state index contributed by atoms with van der Waals surface area (Å²) < 4.78 is 22.1. The highest BCUT2D eigenvalue weighted by Crippen LogP contribution is 2.13. The number of nitrogens with one attached hydrogen (secondary N) is 2. The zero-order chi connectivity index (χ0) is 22.6. The van der Waals surface area contributed by atoms with Gasteiger partial charge in [-0.25, -0.2) is 9.18 Å². The summed E-state index contributed by atoms with van der Waals surface area (Å²) in [6, 6.07) is 14.1. The van der Waals surface area contributed by atoms with Gasteiger partial charge in [0, 0.05) is 0 Å². The predicted octanol–water partition coefficient (Wildman–Crippen LogP) is 3.17. The number of carbonyl (C=O) groups is 3. The van der Waals surface area contributed by atoms with Crippen LogP contribution < -0.4 is 15.4 Å². The molecule has 0 aromatic heterocycles. The van der Waals surface area contributed by atoms with Crippen molar-refractivity contribution >= 4 is 18.3 Å². The smallest absolute Gasteiger partial charge is 0.408 e. The lowest BCUT2D eigenvalue weighted by molar-refractivity contribution is -0.126. The van der Waals surface area contributed by atoms with Gasteiger partial charge in [-0.05, 0) is 35.6 Å². The van der Waals surface area contributed by atoms with Gasteiger partial charge in [0.05, 0.1) is 6.04 Å². The molecule has 166 valence electrons. The Bertz CT molecular complexity index is 843. The highest BCUT2D eigenvalue weighted by Gasteiger charge is 2.26. The van der Waals surface area contributed by atoms with Crippen molar-refractivity contribution in [1.29, 1.82) is 0 Å². The van der Waals surface area contributed by atoms with E-state index in [0.717, 1.165) is 11.1 Å². The highest BCUT2D eigenvalue weighted by molar-refractivity contribution is 5.87. The number of amides is 2. The minimum Gasteiger partial charge on any atom is -0.463 e. The van der Waals surface area contributed by atoms with E-state index in [1.165, 1.54) is 0 Å². The summed E-state index contributed by atoms with van der Waals surface area (Å²) in [5.41, 5.74) is 1.59. The van der Waals surface area contributed by atoms with Gasteiger partial charge in [0.15, 0.2) is 0 Å². The van der Waals surface area contributed by atoms with Crippen LogP contribution in [0.4, 0.5) is 9.18 Å². The van der Waals surface area contributed by atoms with E-state index in [2.05, 4.69) is 10.6 Å². The third-order valence-electron chi connectivity index (χ3n) is 4.53. The second-order valence-electron chi connectivity index (χ2n) is 7.28. The van der Waals surface area contributed by atoms with Crippen molar-refractivity contribution in [2.24, 2.45) is 5.92 Å². The molecule has 2 aromatic rings. The van der Waals surface area contributed by atoms with Gasteiger partial charge >= 0.3 is 6.09 Å². The Morgan fingerprint density at radius 1 is 1.00 bits per heavy atom. The molecular formula is C23H27FN2O5. The lowest BCUT2D eigenvalue weighted by atomic mass is 10.0. The number of rotatable bonds is 11. The van der Waals surface area contributed by atoms with Gasteiger partial charge in [-0.2, -0.15) is 0 Å². The first-order chi connectivity index (χ1) is 14.9. The quantitative estimate of drug-likeness (QED) is 0.534. The largest absolute Gasteiger partial charge is 0.463 e. The summed E-state index contributed by atoms with van der Waals surface area (Å²) >= 11 is 0. The van der Waals surface area contributed by atoms with Crippen LogP contribution in [0.1, 0.15) is 25.0 Å². The van der Waals surface area contributed by atoms with Gasteiger partial charge in [-0.3, -0.25) is 4.79 Å². The summed E-state index contributed by atoms with van der Waals surface area (Å²) in [5.74, 6) is -0.342. The summed E-state index contributed by atoms with van der Waals surface area (Å²) in [7, 11) is 0. The van der Waals surface area contributed by atoms with Crippen LogP contribution in [0.2, 0.25) is 0 Å². The van der Waals surface area contributed by atoms with Gasteiger partial charge in [-0.15, -0.1) is 0 Å². The lowest BCUT2D eigenvalue weighted by Crippen LogP contribution is -2.52. The molecule has 0 aliphatic rings. The molecule has 2 rings (SSSR count). The molecule has 2 aromatic carbocycles. The van der Waals surface area contributed by atoms with E-state index in [1.807, 2.05) is 30.3 Å². The molecule has 0 radical (unpaired) electrons. The molecule has 2 N–H and O–H groups in total. The second-order valence-corrected chi connectivity index (χ2v) is 7.28. The molecule has 0 aliphatic carbocycles. The Balaban J connectivity index is 1.91. The van der Waals surface area contributed by atoms with Crippen molar-refractivity contribution in [3.05, 3.63) is 65.7 Å². The summed E-state index contributed by atoms with van der Waals surface area (Å²) in [5, 5.41) is 5.21. The molecular weight excluding hydrogens is 403 g/mol. The van der Waals surface area contributed by atoms with Crippen LogP contribution in [0.3, 0.4) is 0 Å². The molecule has 0 fully saturated rings. The average Bonchev–Trinajstić information content (AvgIpc) is 2.77. The van der Waals surface area contributed by atoms with Crippen molar-refractivity contribution in [3.8, 4) is 5.75 Å². The molecule has 0 saturated heterocycles. The fraction of sp³-hybridized carbons (Fsp3) is 0.348. The first-order valence-electron chi connectivity index (χ1n) is 9.93. The Hall–Kier alpha value is -3.42. The fourth-order valence-corrected chi connectivity index (χ4v) is 2.87. The average molecular weight is 430 g/mol. The van der Waals surface area contributed by atoms with Gasteiger partial charge in [0.2, 0.25) is 12.8 Å². The first-order valence-corrected chi connectivity index (χ1v) is 9.93. The zero-order valence-corrected chi connectivity index (χ0v) is 17.5.